The second kappa shape index (κ2) is 7.18. The fourth-order valence-electron chi connectivity index (χ4n) is 3.00. The van der Waals surface area contributed by atoms with E-state index in [2.05, 4.69) is 11.4 Å². The van der Waals surface area contributed by atoms with E-state index in [4.69, 9.17) is 5.26 Å². The summed E-state index contributed by atoms with van der Waals surface area (Å²) in [5.41, 5.74) is 2.29. The molecule has 0 radical (unpaired) electrons. The second-order valence-corrected chi connectivity index (χ2v) is 6.21. The summed E-state index contributed by atoms with van der Waals surface area (Å²) < 4.78 is 0. The number of anilines is 1. The third-order valence-corrected chi connectivity index (χ3v) is 4.46. The van der Waals surface area contributed by atoms with Crippen molar-refractivity contribution in [3.8, 4) is 6.07 Å². The van der Waals surface area contributed by atoms with Gasteiger partial charge in [-0.25, -0.2) is 0 Å². The number of rotatable bonds is 4. The van der Waals surface area contributed by atoms with Gasteiger partial charge in [-0.05, 0) is 36.8 Å². The van der Waals surface area contributed by atoms with Crippen molar-refractivity contribution in [2.24, 2.45) is 5.92 Å². The maximum absolute atomic E-state index is 12.5. The lowest BCUT2D eigenvalue weighted by atomic mass is 10.1. The van der Waals surface area contributed by atoms with Crippen LogP contribution in [-0.4, -0.2) is 18.4 Å². The largest absolute Gasteiger partial charge is 0.349 e. The van der Waals surface area contributed by atoms with E-state index in [-0.39, 0.29) is 30.2 Å². The Bertz CT molecular complexity index is 809. The van der Waals surface area contributed by atoms with Gasteiger partial charge in [-0.1, -0.05) is 30.3 Å². The Morgan fingerprint density at radius 3 is 2.52 bits per heavy atom. The zero-order chi connectivity index (χ0) is 17.8. The maximum Gasteiger partial charge on any atom is 0.227 e. The highest BCUT2D eigenvalue weighted by Gasteiger charge is 2.35. The quantitative estimate of drug-likeness (QED) is 0.935. The molecule has 2 atom stereocenters. The van der Waals surface area contributed by atoms with Gasteiger partial charge in [-0.2, -0.15) is 5.26 Å². The molecule has 3 rings (SSSR count). The van der Waals surface area contributed by atoms with E-state index in [0.29, 0.717) is 12.1 Å². The van der Waals surface area contributed by atoms with Gasteiger partial charge in [0.2, 0.25) is 11.8 Å². The van der Waals surface area contributed by atoms with Crippen LogP contribution in [-0.2, 0) is 9.59 Å². The number of nitriles is 1. The summed E-state index contributed by atoms with van der Waals surface area (Å²) in [6, 6.07) is 18.5. The Morgan fingerprint density at radius 1 is 1.20 bits per heavy atom. The van der Waals surface area contributed by atoms with E-state index in [1.54, 1.807) is 29.2 Å². The smallest absolute Gasteiger partial charge is 0.227 e. The molecule has 1 heterocycles. The second-order valence-electron chi connectivity index (χ2n) is 6.21. The van der Waals surface area contributed by atoms with Gasteiger partial charge in [0.15, 0.2) is 0 Å². The predicted octanol–water partition coefficient (Wildman–Crippen LogP) is 2.79. The minimum atomic E-state index is -0.366. The average Bonchev–Trinajstić information content (AvgIpc) is 3.04. The highest BCUT2D eigenvalue weighted by atomic mass is 16.2. The van der Waals surface area contributed by atoms with E-state index < -0.39 is 0 Å². The molecule has 1 aliphatic rings. The van der Waals surface area contributed by atoms with Crippen molar-refractivity contribution < 1.29 is 9.59 Å². The van der Waals surface area contributed by atoms with E-state index in [1.807, 2.05) is 37.3 Å². The summed E-state index contributed by atoms with van der Waals surface area (Å²) in [7, 11) is 0. The molecule has 0 bridgehead atoms. The molecule has 0 saturated carbocycles. The summed E-state index contributed by atoms with van der Waals surface area (Å²) in [4.78, 5) is 26.4. The summed E-state index contributed by atoms with van der Waals surface area (Å²) in [6.45, 7) is 2.29. The molecule has 126 valence electrons. The van der Waals surface area contributed by atoms with Crippen LogP contribution < -0.4 is 10.2 Å². The molecule has 2 unspecified atom stereocenters. The number of hydrogen-bond donors (Lipinski definition) is 1. The van der Waals surface area contributed by atoms with Gasteiger partial charge in [0.25, 0.3) is 0 Å². The lowest BCUT2D eigenvalue weighted by Gasteiger charge is -2.19. The molecule has 0 aliphatic carbocycles. The monoisotopic (exact) mass is 333 g/mol. The third kappa shape index (κ3) is 3.69. The summed E-state index contributed by atoms with van der Waals surface area (Å²) in [5, 5.41) is 11.8. The van der Waals surface area contributed by atoms with Crippen molar-refractivity contribution in [3.05, 3.63) is 65.7 Å². The first-order valence-corrected chi connectivity index (χ1v) is 8.24. The van der Waals surface area contributed by atoms with Crippen molar-refractivity contribution in [3.63, 3.8) is 0 Å². The van der Waals surface area contributed by atoms with Gasteiger partial charge in [0.1, 0.15) is 0 Å². The lowest BCUT2D eigenvalue weighted by molar-refractivity contribution is -0.126. The number of hydrogen-bond acceptors (Lipinski definition) is 3. The summed E-state index contributed by atoms with van der Waals surface area (Å²) >= 11 is 0. The predicted molar refractivity (Wildman–Crippen MR) is 94.6 cm³/mol. The number of amides is 2. The first kappa shape index (κ1) is 16.7. The highest BCUT2D eigenvalue weighted by molar-refractivity contribution is 6.00. The molecular formula is C20H19N3O2. The first-order chi connectivity index (χ1) is 12.1. The van der Waals surface area contributed by atoms with E-state index in [1.165, 1.54) is 0 Å². The van der Waals surface area contributed by atoms with Gasteiger partial charge in [-0.3, -0.25) is 9.59 Å². The lowest BCUT2D eigenvalue weighted by Crippen LogP contribution is -2.34. The molecule has 2 aromatic rings. The molecular weight excluding hydrogens is 314 g/mol. The Labute approximate surface area is 146 Å². The highest BCUT2D eigenvalue weighted by Crippen LogP contribution is 2.26. The van der Waals surface area contributed by atoms with Crippen molar-refractivity contribution >= 4 is 17.5 Å². The van der Waals surface area contributed by atoms with Crippen LogP contribution in [0.3, 0.4) is 0 Å². The molecule has 1 aliphatic heterocycles. The first-order valence-electron chi connectivity index (χ1n) is 8.24. The average molecular weight is 333 g/mol. The van der Waals surface area contributed by atoms with Crippen molar-refractivity contribution in [1.29, 1.82) is 5.26 Å². The molecule has 2 aromatic carbocycles. The number of nitrogens with zero attached hydrogens (tertiary/aromatic N) is 2. The van der Waals surface area contributed by atoms with Gasteiger partial charge < -0.3 is 10.2 Å². The standard InChI is InChI=1S/C20H19N3O2/c1-14(16-5-3-2-4-6-16)22-20(25)17-11-19(24)23(13-17)18-9-7-15(12-21)8-10-18/h2-10,14,17H,11,13H2,1H3,(H,22,25). The molecule has 2 amide bonds. The van der Waals surface area contributed by atoms with Crippen LogP contribution >= 0.6 is 0 Å². The van der Waals surface area contributed by atoms with E-state index in [0.717, 1.165) is 11.3 Å². The molecule has 1 saturated heterocycles. The molecule has 0 spiro atoms. The topological polar surface area (TPSA) is 73.2 Å². The summed E-state index contributed by atoms with van der Waals surface area (Å²) in [5.74, 6) is -0.549. The Hall–Kier alpha value is -3.13. The van der Waals surface area contributed by atoms with Gasteiger partial charge in [0.05, 0.1) is 23.6 Å². The minimum absolute atomic E-state index is 0.0720. The van der Waals surface area contributed by atoms with Crippen LogP contribution in [0.1, 0.15) is 30.5 Å². The van der Waals surface area contributed by atoms with Crippen molar-refractivity contribution in [1.82, 2.24) is 5.32 Å². The molecule has 5 nitrogen and oxygen atoms in total. The van der Waals surface area contributed by atoms with Crippen LogP contribution in [0.25, 0.3) is 0 Å². The number of benzene rings is 2. The van der Waals surface area contributed by atoms with Crippen LogP contribution in [0.4, 0.5) is 5.69 Å². The molecule has 0 aromatic heterocycles. The van der Waals surface area contributed by atoms with Crippen LogP contribution in [0.5, 0.6) is 0 Å². The molecule has 1 fully saturated rings. The number of carbonyl (C=O) groups excluding carboxylic acids is 2. The fourth-order valence-corrected chi connectivity index (χ4v) is 3.00. The van der Waals surface area contributed by atoms with Gasteiger partial charge >= 0.3 is 0 Å². The normalized spacial score (nSPS) is 17.8. The zero-order valence-electron chi connectivity index (χ0n) is 14.0. The van der Waals surface area contributed by atoms with Crippen molar-refractivity contribution in [2.45, 2.75) is 19.4 Å². The number of carbonyl (C=O) groups is 2. The molecule has 1 N–H and O–H groups in total. The van der Waals surface area contributed by atoms with Crippen LogP contribution in [0.2, 0.25) is 0 Å². The Balaban J connectivity index is 1.65. The SMILES string of the molecule is CC(NC(=O)C1CC(=O)N(c2ccc(C#N)cc2)C1)c1ccccc1. The third-order valence-electron chi connectivity index (χ3n) is 4.46. The van der Waals surface area contributed by atoms with Crippen LogP contribution in [0, 0.1) is 17.2 Å². The summed E-state index contributed by atoms with van der Waals surface area (Å²) in [6.07, 6.45) is 0.202. The van der Waals surface area contributed by atoms with Crippen molar-refractivity contribution in [2.75, 3.05) is 11.4 Å². The maximum atomic E-state index is 12.5. The minimum Gasteiger partial charge on any atom is -0.349 e. The van der Waals surface area contributed by atoms with Crippen LogP contribution in [0.15, 0.2) is 54.6 Å². The van der Waals surface area contributed by atoms with E-state index in [9.17, 15) is 9.59 Å². The number of nitrogens with one attached hydrogen (secondary N) is 1. The molecule has 25 heavy (non-hydrogen) atoms. The van der Waals surface area contributed by atoms with Gasteiger partial charge in [0, 0.05) is 18.7 Å². The fraction of sp³-hybridized carbons (Fsp3) is 0.250. The van der Waals surface area contributed by atoms with E-state index >= 15 is 0 Å². The zero-order valence-corrected chi connectivity index (χ0v) is 14.0. The Kier molecular flexibility index (Phi) is 4.80. The molecule has 5 heteroatoms. The van der Waals surface area contributed by atoms with Gasteiger partial charge in [-0.15, -0.1) is 0 Å². The Morgan fingerprint density at radius 2 is 1.88 bits per heavy atom.